The third-order valence-corrected chi connectivity index (χ3v) is 6.83. The third-order valence-electron chi connectivity index (χ3n) is 5.42. The molecule has 2 aromatic heterocycles. The van der Waals surface area contributed by atoms with Crippen molar-refractivity contribution in [2.45, 2.75) is 20.1 Å². The summed E-state index contributed by atoms with van der Waals surface area (Å²) in [6.45, 7) is 6.08. The van der Waals surface area contributed by atoms with Crippen molar-refractivity contribution in [3.05, 3.63) is 51.1 Å². The van der Waals surface area contributed by atoms with Crippen LogP contribution in [0.2, 0.25) is 5.02 Å². The van der Waals surface area contributed by atoms with E-state index in [4.69, 9.17) is 21.1 Å². The summed E-state index contributed by atoms with van der Waals surface area (Å²) in [4.78, 5) is 28.0. The summed E-state index contributed by atoms with van der Waals surface area (Å²) >= 11 is 7.49. The maximum atomic E-state index is 13.3. The molecule has 1 saturated heterocycles. The van der Waals surface area contributed by atoms with Crippen LogP contribution in [-0.2, 0) is 17.9 Å². The molecule has 1 aromatic carbocycles. The van der Waals surface area contributed by atoms with Gasteiger partial charge in [-0.2, -0.15) is 4.98 Å². The van der Waals surface area contributed by atoms with Crippen molar-refractivity contribution in [1.29, 1.82) is 0 Å². The van der Waals surface area contributed by atoms with E-state index in [-0.39, 0.29) is 5.91 Å². The van der Waals surface area contributed by atoms with Crippen LogP contribution in [0, 0.1) is 6.92 Å². The van der Waals surface area contributed by atoms with Gasteiger partial charge in [0, 0.05) is 44.9 Å². The minimum absolute atomic E-state index is 0.0400. The van der Waals surface area contributed by atoms with Gasteiger partial charge >= 0.3 is 0 Å². The number of hydrogen-bond donors (Lipinski definition) is 0. The number of carbonyl (C=O) groups is 1. The molecule has 31 heavy (non-hydrogen) atoms. The van der Waals surface area contributed by atoms with Crippen molar-refractivity contribution in [2.24, 2.45) is 0 Å². The number of amides is 1. The monoisotopic (exact) mass is 460 g/mol. The van der Waals surface area contributed by atoms with Gasteiger partial charge in [0.25, 0.3) is 5.91 Å². The molecule has 1 fully saturated rings. The fourth-order valence-electron chi connectivity index (χ4n) is 3.84. The van der Waals surface area contributed by atoms with Crippen molar-refractivity contribution in [3.8, 4) is 5.88 Å². The molecule has 9 heteroatoms. The summed E-state index contributed by atoms with van der Waals surface area (Å²) in [6.07, 6.45) is 0. The predicted molar refractivity (Wildman–Crippen MR) is 122 cm³/mol. The number of fused-ring (bicyclic) bond motifs is 1. The summed E-state index contributed by atoms with van der Waals surface area (Å²) in [7, 11) is 3.18. The van der Waals surface area contributed by atoms with E-state index in [1.54, 1.807) is 14.2 Å². The molecule has 0 bridgehead atoms. The van der Waals surface area contributed by atoms with Crippen molar-refractivity contribution in [2.75, 3.05) is 40.4 Å². The average Bonchev–Trinajstić information content (AvgIpc) is 3.10. The average molecular weight is 461 g/mol. The number of methoxy groups -OCH3 is 2. The molecule has 4 rings (SSSR count). The fraction of sp³-hybridized carbons (Fsp3) is 0.409. The molecule has 1 aliphatic heterocycles. The highest BCUT2D eigenvalue weighted by molar-refractivity contribution is 7.20. The molecule has 1 amide bonds. The number of benzene rings is 1. The van der Waals surface area contributed by atoms with Gasteiger partial charge in [-0.1, -0.05) is 23.7 Å². The number of nitrogens with zero attached hydrogens (tertiary/aromatic N) is 4. The number of aryl methyl sites for hydroxylation is 1. The van der Waals surface area contributed by atoms with Crippen LogP contribution in [0.3, 0.4) is 0 Å². The van der Waals surface area contributed by atoms with Crippen LogP contribution in [0.25, 0.3) is 10.2 Å². The Balaban J connectivity index is 1.49. The Bertz CT molecular complexity index is 1100. The quantitative estimate of drug-likeness (QED) is 0.558. The number of thiophene rings is 1. The summed E-state index contributed by atoms with van der Waals surface area (Å²) in [5.41, 5.74) is 2.05. The lowest BCUT2D eigenvalue weighted by Gasteiger charge is -2.34. The van der Waals surface area contributed by atoms with E-state index in [1.807, 2.05) is 30.0 Å². The van der Waals surface area contributed by atoms with Gasteiger partial charge in [-0.3, -0.25) is 9.69 Å². The second-order valence-corrected chi connectivity index (χ2v) is 8.95. The highest BCUT2D eigenvalue weighted by Gasteiger charge is 2.27. The first-order valence-electron chi connectivity index (χ1n) is 10.1. The Kier molecular flexibility index (Phi) is 6.71. The van der Waals surface area contributed by atoms with Crippen LogP contribution in [0.1, 0.15) is 26.6 Å². The zero-order chi connectivity index (χ0) is 22.0. The van der Waals surface area contributed by atoms with E-state index >= 15 is 0 Å². The van der Waals surface area contributed by atoms with Crippen LogP contribution in [0.15, 0.2) is 24.3 Å². The van der Waals surface area contributed by atoms with E-state index in [0.717, 1.165) is 40.4 Å². The third kappa shape index (κ3) is 4.67. The Morgan fingerprint density at radius 3 is 2.65 bits per heavy atom. The van der Waals surface area contributed by atoms with Crippen LogP contribution >= 0.6 is 22.9 Å². The van der Waals surface area contributed by atoms with Gasteiger partial charge in [0.2, 0.25) is 5.88 Å². The van der Waals surface area contributed by atoms with Crippen molar-refractivity contribution >= 4 is 39.1 Å². The maximum absolute atomic E-state index is 13.3. The number of carbonyl (C=O) groups excluding carboxylic acids is 1. The maximum Gasteiger partial charge on any atom is 0.264 e. The zero-order valence-corrected chi connectivity index (χ0v) is 19.4. The lowest BCUT2D eigenvalue weighted by Crippen LogP contribution is -2.48. The summed E-state index contributed by atoms with van der Waals surface area (Å²) in [6, 6.07) is 7.92. The Morgan fingerprint density at radius 2 is 1.97 bits per heavy atom. The van der Waals surface area contributed by atoms with E-state index in [2.05, 4.69) is 20.9 Å². The first-order valence-corrected chi connectivity index (χ1v) is 11.3. The minimum atomic E-state index is 0.0400. The van der Waals surface area contributed by atoms with Gasteiger partial charge in [0.1, 0.15) is 11.4 Å². The van der Waals surface area contributed by atoms with Gasteiger partial charge in [0.15, 0.2) is 5.82 Å². The molecule has 3 heterocycles. The van der Waals surface area contributed by atoms with Crippen LogP contribution < -0.4 is 4.74 Å². The van der Waals surface area contributed by atoms with E-state index < -0.39 is 0 Å². The van der Waals surface area contributed by atoms with Gasteiger partial charge in [-0.15, -0.1) is 11.3 Å². The normalized spacial score (nSPS) is 14.9. The zero-order valence-electron chi connectivity index (χ0n) is 17.9. The minimum Gasteiger partial charge on any atom is -0.480 e. The molecule has 1 aliphatic rings. The van der Waals surface area contributed by atoms with E-state index in [1.165, 1.54) is 16.9 Å². The molecule has 0 atom stereocenters. The topological polar surface area (TPSA) is 67.8 Å². The van der Waals surface area contributed by atoms with Gasteiger partial charge < -0.3 is 14.4 Å². The van der Waals surface area contributed by atoms with Gasteiger partial charge in [-0.05, 0) is 30.2 Å². The van der Waals surface area contributed by atoms with Crippen molar-refractivity contribution in [1.82, 2.24) is 19.8 Å². The van der Waals surface area contributed by atoms with E-state index in [9.17, 15) is 4.79 Å². The lowest BCUT2D eigenvalue weighted by atomic mass is 10.1. The number of ether oxygens (including phenoxy) is 2. The number of halogens is 1. The molecule has 0 radical (unpaired) electrons. The number of aromatic nitrogens is 2. The molecular formula is C22H25ClN4O3S. The van der Waals surface area contributed by atoms with Gasteiger partial charge in [0.05, 0.1) is 17.4 Å². The second kappa shape index (κ2) is 9.48. The fourth-order valence-corrected chi connectivity index (χ4v) is 5.21. The molecule has 3 aromatic rings. The molecule has 0 spiro atoms. The van der Waals surface area contributed by atoms with Gasteiger partial charge in [-0.25, -0.2) is 4.98 Å². The summed E-state index contributed by atoms with van der Waals surface area (Å²) < 4.78 is 10.6. The Labute approximate surface area is 190 Å². The molecule has 164 valence electrons. The standard InChI is InChI=1S/C22H25ClN4O3S/c1-14-18-20(30-3)24-17(13-29-2)25-21(18)31-19(14)22(28)27-9-7-26(8-10-27)12-15-5-4-6-16(23)11-15/h4-6,11H,7-10,12-13H2,1-3H3. The molecule has 0 N–H and O–H groups in total. The molecular weight excluding hydrogens is 436 g/mol. The Hall–Kier alpha value is -2.26. The first-order chi connectivity index (χ1) is 15.0. The smallest absolute Gasteiger partial charge is 0.264 e. The lowest BCUT2D eigenvalue weighted by molar-refractivity contribution is 0.0632. The first kappa shape index (κ1) is 22.0. The van der Waals surface area contributed by atoms with Crippen LogP contribution in [-0.4, -0.2) is 66.1 Å². The highest BCUT2D eigenvalue weighted by Crippen LogP contribution is 2.35. The second-order valence-electron chi connectivity index (χ2n) is 7.52. The molecule has 0 saturated carbocycles. The summed E-state index contributed by atoms with van der Waals surface area (Å²) in [5.74, 6) is 1.07. The van der Waals surface area contributed by atoms with E-state index in [0.29, 0.717) is 36.3 Å². The highest BCUT2D eigenvalue weighted by atomic mass is 35.5. The van der Waals surface area contributed by atoms with Crippen molar-refractivity contribution in [3.63, 3.8) is 0 Å². The SMILES string of the molecule is COCc1nc(OC)c2c(C)c(C(=O)N3CCN(Cc4cccc(Cl)c4)CC3)sc2n1. The molecule has 7 nitrogen and oxygen atoms in total. The van der Waals surface area contributed by atoms with Crippen LogP contribution in [0.5, 0.6) is 5.88 Å². The van der Waals surface area contributed by atoms with Crippen LogP contribution in [0.4, 0.5) is 0 Å². The predicted octanol–water partition coefficient (Wildman–Crippen LogP) is 3.77. The number of piperazine rings is 1. The largest absolute Gasteiger partial charge is 0.480 e. The molecule has 0 unspecified atom stereocenters. The summed E-state index contributed by atoms with van der Waals surface area (Å²) in [5, 5.41) is 1.55. The Morgan fingerprint density at radius 1 is 1.19 bits per heavy atom. The number of hydrogen-bond acceptors (Lipinski definition) is 7. The molecule has 0 aliphatic carbocycles. The van der Waals surface area contributed by atoms with Crippen molar-refractivity contribution < 1.29 is 14.3 Å². The number of rotatable bonds is 6.